The molecule has 0 aliphatic rings. The van der Waals surface area contributed by atoms with Gasteiger partial charge >= 0.3 is 0 Å². The van der Waals surface area contributed by atoms with Crippen LogP contribution in [0.1, 0.15) is 0 Å². The zero-order chi connectivity index (χ0) is 15.2. The van der Waals surface area contributed by atoms with E-state index in [9.17, 15) is 9.59 Å². The maximum absolute atomic E-state index is 11.8. The van der Waals surface area contributed by atoms with Gasteiger partial charge in [-0.3, -0.25) is 9.59 Å². The largest absolute Gasteiger partial charge is 0.496 e. The number of rotatable bonds is 5. The number of nitrogens with one attached hydrogen (secondary N) is 2. The van der Waals surface area contributed by atoms with E-state index in [1.165, 1.54) is 12.3 Å². The molecule has 110 valence electrons. The van der Waals surface area contributed by atoms with Crippen LogP contribution in [0.2, 0.25) is 0 Å². The topological polar surface area (TPSA) is 84.1 Å². The van der Waals surface area contributed by atoms with E-state index in [2.05, 4.69) is 31.2 Å². The van der Waals surface area contributed by atoms with E-state index in [1.807, 2.05) is 0 Å². The second-order valence-electron chi connectivity index (χ2n) is 3.93. The highest BCUT2D eigenvalue weighted by Crippen LogP contribution is 2.27. The average molecular weight is 370 g/mol. The molecule has 2 aromatic rings. The van der Waals surface area contributed by atoms with E-state index in [0.29, 0.717) is 16.6 Å². The summed E-state index contributed by atoms with van der Waals surface area (Å²) in [6.45, 7) is 0. The van der Waals surface area contributed by atoms with E-state index >= 15 is 0 Å². The van der Waals surface area contributed by atoms with Crippen LogP contribution in [0.5, 0.6) is 5.75 Å². The van der Waals surface area contributed by atoms with Crippen LogP contribution in [0.3, 0.4) is 0 Å². The quantitative estimate of drug-likeness (QED) is 0.623. The molecule has 0 saturated heterocycles. The number of H-pyrrole nitrogens is 1. The molecule has 6 nitrogen and oxygen atoms in total. The van der Waals surface area contributed by atoms with Gasteiger partial charge in [-0.1, -0.05) is 11.8 Å². The summed E-state index contributed by atoms with van der Waals surface area (Å²) >= 11 is 4.51. The van der Waals surface area contributed by atoms with Gasteiger partial charge in [-0.2, -0.15) is 0 Å². The summed E-state index contributed by atoms with van der Waals surface area (Å²) < 4.78 is 5.87. The number of thioether (sulfide) groups is 1. The molecule has 2 rings (SSSR count). The normalized spacial score (nSPS) is 10.2. The minimum Gasteiger partial charge on any atom is -0.496 e. The highest BCUT2D eigenvalue weighted by molar-refractivity contribution is 9.10. The summed E-state index contributed by atoms with van der Waals surface area (Å²) in [7, 11) is 1.57. The van der Waals surface area contributed by atoms with Crippen molar-refractivity contribution < 1.29 is 9.53 Å². The summed E-state index contributed by atoms with van der Waals surface area (Å²) in [5, 5.41) is 3.16. The number of methoxy groups -OCH3 is 1. The Balaban J connectivity index is 1.93. The van der Waals surface area contributed by atoms with Crippen molar-refractivity contribution in [2.24, 2.45) is 0 Å². The van der Waals surface area contributed by atoms with Crippen molar-refractivity contribution in [2.45, 2.75) is 5.16 Å². The van der Waals surface area contributed by atoms with Crippen molar-refractivity contribution in [1.82, 2.24) is 9.97 Å². The second kappa shape index (κ2) is 7.28. The van der Waals surface area contributed by atoms with Crippen molar-refractivity contribution in [2.75, 3.05) is 18.2 Å². The molecule has 0 unspecified atom stereocenters. The number of carbonyl (C=O) groups is 1. The van der Waals surface area contributed by atoms with E-state index in [-0.39, 0.29) is 17.2 Å². The van der Waals surface area contributed by atoms with Gasteiger partial charge in [0.1, 0.15) is 5.75 Å². The van der Waals surface area contributed by atoms with Gasteiger partial charge in [0.15, 0.2) is 5.16 Å². The Morgan fingerprint density at radius 2 is 2.29 bits per heavy atom. The molecule has 21 heavy (non-hydrogen) atoms. The number of halogens is 1. The number of aromatic nitrogens is 2. The number of nitrogens with zero attached hydrogens (tertiary/aromatic N) is 1. The van der Waals surface area contributed by atoms with E-state index in [4.69, 9.17) is 4.74 Å². The fourth-order valence-electron chi connectivity index (χ4n) is 1.50. The number of benzene rings is 1. The van der Waals surface area contributed by atoms with Crippen LogP contribution in [-0.4, -0.2) is 28.7 Å². The Labute approximate surface area is 133 Å². The van der Waals surface area contributed by atoms with Crippen LogP contribution in [0.4, 0.5) is 5.69 Å². The molecule has 1 heterocycles. The van der Waals surface area contributed by atoms with E-state index < -0.39 is 0 Å². The Morgan fingerprint density at radius 3 is 2.95 bits per heavy atom. The zero-order valence-corrected chi connectivity index (χ0v) is 13.5. The summed E-state index contributed by atoms with van der Waals surface area (Å²) in [5.74, 6) is 0.647. The minimum absolute atomic E-state index is 0.149. The van der Waals surface area contributed by atoms with E-state index in [0.717, 1.165) is 16.2 Å². The molecule has 0 atom stereocenters. The number of anilines is 1. The third-order valence-electron chi connectivity index (χ3n) is 2.42. The lowest BCUT2D eigenvalue weighted by molar-refractivity contribution is -0.113. The maximum atomic E-state index is 11.8. The number of aromatic amines is 1. The van der Waals surface area contributed by atoms with Crippen LogP contribution in [0.15, 0.2) is 44.9 Å². The van der Waals surface area contributed by atoms with Gasteiger partial charge in [-0.25, -0.2) is 4.98 Å². The van der Waals surface area contributed by atoms with Crippen molar-refractivity contribution in [3.05, 3.63) is 45.3 Å². The molecule has 1 aromatic carbocycles. The molecule has 2 N–H and O–H groups in total. The first-order chi connectivity index (χ1) is 10.1. The predicted octanol–water partition coefficient (Wildman–Crippen LogP) is 2.27. The smallest absolute Gasteiger partial charge is 0.251 e. The molecular weight excluding hydrogens is 358 g/mol. The van der Waals surface area contributed by atoms with Gasteiger partial charge in [0.05, 0.1) is 17.3 Å². The van der Waals surface area contributed by atoms with Gasteiger partial charge < -0.3 is 15.0 Å². The Bertz CT molecular complexity index is 705. The standard InChI is InChI=1S/C13H12BrN3O3S/c1-20-10-3-2-8(6-9(10)14)16-12(19)7-21-13-15-5-4-11(18)17-13/h2-6H,7H2,1H3,(H,16,19)(H,15,17,18). The van der Waals surface area contributed by atoms with Crippen molar-refractivity contribution >= 4 is 39.3 Å². The molecule has 0 saturated carbocycles. The predicted molar refractivity (Wildman–Crippen MR) is 84.9 cm³/mol. The first kappa shape index (κ1) is 15.6. The summed E-state index contributed by atoms with van der Waals surface area (Å²) in [6.07, 6.45) is 1.40. The molecule has 0 radical (unpaired) electrons. The van der Waals surface area contributed by atoms with Crippen LogP contribution in [0.25, 0.3) is 0 Å². The Kier molecular flexibility index (Phi) is 5.40. The lowest BCUT2D eigenvalue weighted by Crippen LogP contribution is -2.15. The molecule has 8 heteroatoms. The van der Waals surface area contributed by atoms with Crippen molar-refractivity contribution in [1.29, 1.82) is 0 Å². The van der Waals surface area contributed by atoms with Gasteiger partial charge in [-0.15, -0.1) is 0 Å². The zero-order valence-electron chi connectivity index (χ0n) is 11.1. The second-order valence-corrected chi connectivity index (χ2v) is 5.74. The number of amides is 1. The molecular formula is C13H12BrN3O3S. The van der Waals surface area contributed by atoms with Crippen LogP contribution in [0, 0.1) is 0 Å². The van der Waals surface area contributed by atoms with Gasteiger partial charge in [-0.05, 0) is 34.1 Å². The first-order valence-electron chi connectivity index (χ1n) is 5.90. The number of hydrogen-bond donors (Lipinski definition) is 2. The lowest BCUT2D eigenvalue weighted by atomic mass is 10.3. The highest BCUT2D eigenvalue weighted by Gasteiger charge is 2.07. The fourth-order valence-corrected chi connectivity index (χ4v) is 2.69. The Hall–Kier alpha value is -1.80. The molecule has 0 fully saturated rings. The molecule has 0 bridgehead atoms. The number of carbonyl (C=O) groups excluding carboxylic acids is 1. The van der Waals surface area contributed by atoms with Crippen LogP contribution < -0.4 is 15.6 Å². The molecule has 1 aromatic heterocycles. The molecule has 1 amide bonds. The fraction of sp³-hybridized carbons (Fsp3) is 0.154. The van der Waals surface area contributed by atoms with Gasteiger partial charge in [0.25, 0.3) is 5.56 Å². The van der Waals surface area contributed by atoms with Gasteiger partial charge in [0.2, 0.25) is 5.91 Å². The average Bonchev–Trinajstić information content (AvgIpc) is 2.45. The van der Waals surface area contributed by atoms with Crippen molar-refractivity contribution in [3.8, 4) is 5.75 Å². The maximum Gasteiger partial charge on any atom is 0.251 e. The number of hydrogen-bond acceptors (Lipinski definition) is 5. The number of ether oxygens (including phenoxy) is 1. The summed E-state index contributed by atoms with van der Waals surface area (Å²) in [4.78, 5) is 29.4. The van der Waals surface area contributed by atoms with Crippen molar-refractivity contribution in [3.63, 3.8) is 0 Å². The highest BCUT2D eigenvalue weighted by atomic mass is 79.9. The van der Waals surface area contributed by atoms with Crippen LogP contribution >= 0.6 is 27.7 Å². The monoisotopic (exact) mass is 369 g/mol. The SMILES string of the molecule is COc1ccc(NC(=O)CSc2nccc(=O)[nH]2)cc1Br. The molecule has 0 aliphatic heterocycles. The summed E-state index contributed by atoms with van der Waals surface area (Å²) in [6, 6.07) is 6.57. The first-order valence-corrected chi connectivity index (χ1v) is 7.68. The Morgan fingerprint density at radius 1 is 1.48 bits per heavy atom. The van der Waals surface area contributed by atoms with Crippen LogP contribution in [-0.2, 0) is 4.79 Å². The molecule has 0 spiro atoms. The summed E-state index contributed by atoms with van der Waals surface area (Å²) in [5.41, 5.74) is 0.412. The van der Waals surface area contributed by atoms with Gasteiger partial charge in [0, 0.05) is 18.0 Å². The lowest BCUT2D eigenvalue weighted by Gasteiger charge is -2.08. The third kappa shape index (κ3) is 4.61. The third-order valence-corrected chi connectivity index (χ3v) is 3.93. The minimum atomic E-state index is -0.244. The van der Waals surface area contributed by atoms with E-state index in [1.54, 1.807) is 25.3 Å². The molecule has 0 aliphatic carbocycles.